The first kappa shape index (κ1) is 13.8. The highest BCUT2D eigenvalue weighted by atomic mass is 127. The number of rotatable bonds is 3. The predicted molar refractivity (Wildman–Crippen MR) is 81.7 cm³/mol. The summed E-state index contributed by atoms with van der Waals surface area (Å²) in [4.78, 5) is 14.1. The molecule has 1 atom stereocenters. The second-order valence-electron chi connectivity index (χ2n) is 4.62. The number of hydrogen-bond donors (Lipinski definition) is 2. The molecule has 0 saturated carbocycles. The third-order valence-electron chi connectivity index (χ3n) is 2.97. The smallest absolute Gasteiger partial charge is 0.238 e. The third-order valence-corrected chi connectivity index (χ3v) is 3.91. The van der Waals surface area contributed by atoms with Gasteiger partial charge in [-0.3, -0.25) is 9.69 Å². The van der Waals surface area contributed by atoms with E-state index in [1.54, 1.807) is 0 Å². The number of para-hydroxylation sites is 1. The van der Waals surface area contributed by atoms with Crippen LogP contribution in [0.15, 0.2) is 24.3 Å². The molecule has 18 heavy (non-hydrogen) atoms. The molecular formula is C13H18IN3O. The molecule has 0 bridgehead atoms. The average molecular weight is 359 g/mol. The Morgan fingerprint density at radius 3 is 3.06 bits per heavy atom. The number of halogens is 1. The maximum atomic E-state index is 12.0. The summed E-state index contributed by atoms with van der Waals surface area (Å²) >= 11 is 2.23. The van der Waals surface area contributed by atoms with Crippen LogP contribution >= 0.6 is 22.6 Å². The highest BCUT2D eigenvalue weighted by molar-refractivity contribution is 14.1. The second-order valence-corrected chi connectivity index (χ2v) is 5.78. The normalized spacial score (nSPS) is 20.7. The summed E-state index contributed by atoms with van der Waals surface area (Å²) in [6.07, 6.45) is 0. The summed E-state index contributed by atoms with van der Waals surface area (Å²) in [7, 11) is 0. The topological polar surface area (TPSA) is 44.4 Å². The third kappa shape index (κ3) is 3.93. The summed E-state index contributed by atoms with van der Waals surface area (Å²) in [5.41, 5.74) is 0.895. The van der Waals surface area contributed by atoms with Crippen LogP contribution in [0.4, 0.5) is 5.69 Å². The number of amides is 1. The molecule has 98 valence electrons. The highest BCUT2D eigenvalue weighted by Gasteiger charge is 2.18. The lowest BCUT2D eigenvalue weighted by Crippen LogP contribution is -2.51. The van der Waals surface area contributed by atoms with Gasteiger partial charge in [0.2, 0.25) is 5.91 Å². The Morgan fingerprint density at radius 1 is 1.56 bits per heavy atom. The van der Waals surface area contributed by atoms with E-state index in [1.807, 2.05) is 24.3 Å². The van der Waals surface area contributed by atoms with Gasteiger partial charge in [-0.05, 0) is 41.6 Å². The fourth-order valence-electron chi connectivity index (χ4n) is 2.11. The number of carbonyl (C=O) groups is 1. The Bertz CT molecular complexity index is 424. The summed E-state index contributed by atoms with van der Waals surface area (Å²) in [6, 6.07) is 8.28. The number of anilines is 1. The largest absolute Gasteiger partial charge is 0.324 e. The minimum atomic E-state index is 0.0632. The van der Waals surface area contributed by atoms with Gasteiger partial charge in [-0.1, -0.05) is 12.1 Å². The van der Waals surface area contributed by atoms with Gasteiger partial charge in [0.15, 0.2) is 0 Å². The number of piperazine rings is 1. The zero-order chi connectivity index (χ0) is 13.0. The van der Waals surface area contributed by atoms with Crippen molar-refractivity contribution in [2.75, 3.05) is 31.5 Å². The van der Waals surface area contributed by atoms with Crippen molar-refractivity contribution in [3.63, 3.8) is 0 Å². The number of benzene rings is 1. The van der Waals surface area contributed by atoms with E-state index < -0.39 is 0 Å². The van der Waals surface area contributed by atoms with E-state index in [-0.39, 0.29) is 5.91 Å². The van der Waals surface area contributed by atoms with E-state index in [1.165, 1.54) is 0 Å². The first-order valence-corrected chi connectivity index (χ1v) is 7.23. The van der Waals surface area contributed by atoms with Crippen LogP contribution in [0.5, 0.6) is 0 Å². The SMILES string of the molecule is C[C@H]1CN(CC(=O)Nc2ccccc2I)CCN1. The molecule has 1 saturated heterocycles. The molecule has 1 aliphatic heterocycles. The van der Waals surface area contributed by atoms with E-state index in [2.05, 4.69) is 45.0 Å². The number of nitrogens with zero attached hydrogens (tertiary/aromatic N) is 1. The minimum absolute atomic E-state index is 0.0632. The molecule has 0 spiro atoms. The van der Waals surface area contributed by atoms with Crippen LogP contribution in [0.1, 0.15) is 6.92 Å². The quantitative estimate of drug-likeness (QED) is 0.805. The molecule has 4 nitrogen and oxygen atoms in total. The van der Waals surface area contributed by atoms with Gasteiger partial charge in [0.25, 0.3) is 0 Å². The first-order chi connectivity index (χ1) is 8.65. The van der Waals surface area contributed by atoms with Crippen molar-refractivity contribution in [3.8, 4) is 0 Å². The Kier molecular flexibility index (Phi) is 4.96. The number of nitrogens with one attached hydrogen (secondary N) is 2. The van der Waals surface area contributed by atoms with Crippen LogP contribution in [0.2, 0.25) is 0 Å². The molecule has 0 radical (unpaired) electrons. The summed E-state index contributed by atoms with van der Waals surface area (Å²) < 4.78 is 1.07. The number of hydrogen-bond acceptors (Lipinski definition) is 3. The van der Waals surface area contributed by atoms with Crippen LogP contribution in [-0.2, 0) is 4.79 Å². The Morgan fingerprint density at radius 2 is 2.33 bits per heavy atom. The van der Waals surface area contributed by atoms with Crippen LogP contribution in [0.25, 0.3) is 0 Å². The molecule has 2 N–H and O–H groups in total. The zero-order valence-electron chi connectivity index (χ0n) is 10.4. The van der Waals surface area contributed by atoms with Gasteiger partial charge in [0, 0.05) is 29.2 Å². The lowest BCUT2D eigenvalue weighted by Gasteiger charge is -2.31. The molecular weight excluding hydrogens is 341 g/mol. The Hall–Kier alpha value is -0.660. The van der Waals surface area contributed by atoms with E-state index in [0.717, 1.165) is 28.9 Å². The lowest BCUT2D eigenvalue weighted by atomic mass is 10.2. The minimum Gasteiger partial charge on any atom is -0.324 e. The average Bonchev–Trinajstić information content (AvgIpc) is 2.32. The van der Waals surface area contributed by atoms with Gasteiger partial charge in [0.1, 0.15) is 0 Å². The van der Waals surface area contributed by atoms with Gasteiger partial charge in [0.05, 0.1) is 12.2 Å². The monoisotopic (exact) mass is 359 g/mol. The van der Waals surface area contributed by atoms with Crippen LogP contribution in [-0.4, -0.2) is 43.0 Å². The van der Waals surface area contributed by atoms with Crippen LogP contribution in [0.3, 0.4) is 0 Å². The molecule has 1 fully saturated rings. The number of carbonyl (C=O) groups excluding carboxylic acids is 1. The van der Waals surface area contributed by atoms with Gasteiger partial charge in [-0.2, -0.15) is 0 Å². The molecule has 1 aliphatic rings. The second kappa shape index (κ2) is 6.49. The molecule has 0 aliphatic carbocycles. The van der Waals surface area contributed by atoms with Crippen molar-refractivity contribution < 1.29 is 4.79 Å². The van der Waals surface area contributed by atoms with Crippen molar-refractivity contribution in [3.05, 3.63) is 27.8 Å². The Labute approximate surface area is 121 Å². The summed E-state index contributed by atoms with van der Waals surface area (Å²) in [5, 5.41) is 6.33. The maximum Gasteiger partial charge on any atom is 0.238 e. The molecule has 1 aromatic carbocycles. The summed E-state index contributed by atoms with van der Waals surface area (Å²) in [5.74, 6) is 0.0632. The molecule has 0 aromatic heterocycles. The van der Waals surface area contributed by atoms with E-state index in [4.69, 9.17) is 0 Å². The standard InChI is InChI=1S/C13H18IN3O/c1-10-8-17(7-6-15-10)9-13(18)16-12-5-3-2-4-11(12)14/h2-5,10,15H,6-9H2,1H3,(H,16,18)/t10-/m0/s1. The van der Waals surface area contributed by atoms with Crippen molar-refractivity contribution in [1.82, 2.24) is 10.2 Å². The van der Waals surface area contributed by atoms with Crippen LogP contribution < -0.4 is 10.6 Å². The molecule has 1 aromatic rings. The molecule has 0 unspecified atom stereocenters. The van der Waals surface area contributed by atoms with Gasteiger partial charge >= 0.3 is 0 Å². The van der Waals surface area contributed by atoms with Crippen molar-refractivity contribution >= 4 is 34.2 Å². The van der Waals surface area contributed by atoms with Crippen molar-refractivity contribution in [2.45, 2.75) is 13.0 Å². The fraction of sp³-hybridized carbons (Fsp3) is 0.462. The highest BCUT2D eigenvalue weighted by Crippen LogP contribution is 2.16. The molecule has 2 rings (SSSR count). The van der Waals surface area contributed by atoms with E-state index in [9.17, 15) is 4.79 Å². The van der Waals surface area contributed by atoms with Gasteiger partial charge in [-0.25, -0.2) is 0 Å². The predicted octanol–water partition coefficient (Wildman–Crippen LogP) is 1.52. The van der Waals surface area contributed by atoms with Crippen molar-refractivity contribution in [2.24, 2.45) is 0 Å². The van der Waals surface area contributed by atoms with Gasteiger partial charge in [-0.15, -0.1) is 0 Å². The van der Waals surface area contributed by atoms with E-state index >= 15 is 0 Å². The molecule has 1 amide bonds. The fourth-order valence-corrected chi connectivity index (χ4v) is 2.63. The molecule has 5 heteroatoms. The van der Waals surface area contributed by atoms with Crippen molar-refractivity contribution in [1.29, 1.82) is 0 Å². The lowest BCUT2D eigenvalue weighted by molar-refractivity contribution is -0.117. The zero-order valence-corrected chi connectivity index (χ0v) is 12.6. The Balaban J connectivity index is 1.87. The summed E-state index contributed by atoms with van der Waals surface area (Å²) in [6.45, 7) is 5.43. The molecule has 1 heterocycles. The van der Waals surface area contributed by atoms with Gasteiger partial charge < -0.3 is 10.6 Å². The first-order valence-electron chi connectivity index (χ1n) is 6.15. The van der Waals surface area contributed by atoms with Crippen LogP contribution in [0, 0.1) is 3.57 Å². The maximum absolute atomic E-state index is 12.0. The van der Waals surface area contributed by atoms with E-state index in [0.29, 0.717) is 12.6 Å².